The van der Waals surface area contributed by atoms with Gasteiger partial charge in [0.1, 0.15) is 0 Å². The molecule has 0 aromatic heterocycles. The zero-order chi connectivity index (χ0) is 11.8. The van der Waals surface area contributed by atoms with E-state index in [1.165, 1.54) is 0 Å². The molecule has 84 valence electrons. The van der Waals surface area contributed by atoms with Crippen molar-refractivity contribution < 1.29 is 30.7 Å². The van der Waals surface area contributed by atoms with Crippen LogP contribution < -0.4 is 0 Å². The van der Waals surface area contributed by atoms with Gasteiger partial charge in [0.15, 0.2) is 0 Å². The van der Waals surface area contributed by atoms with Gasteiger partial charge < -0.3 is 0 Å². The van der Waals surface area contributed by atoms with Gasteiger partial charge in [-0.1, -0.05) is 11.6 Å². The summed E-state index contributed by atoms with van der Waals surface area (Å²) in [6.07, 6.45) is -6.73. The molecule has 0 nitrogen and oxygen atoms in total. The predicted molar refractivity (Wildman–Crippen MR) is 35.7 cm³/mol. The molecule has 0 rings (SSSR count). The fourth-order valence-electron chi connectivity index (χ4n) is 0.323. The smallest absolute Gasteiger partial charge is 0.213 e. The quantitative estimate of drug-likeness (QED) is 0.520. The first kappa shape index (κ1) is 13.8. The van der Waals surface area contributed by atoms with Crippen molar-refractivity contribution >= 4 is 23.2 Å². The molecule has 1 atom stereocenters. The number of alkyl halides is 8. The normalized spacial score (nSPS) is 19.4. The van der Waals surface area contributed by atoms with Crippen molar-refractivity contribution in [3.63, 3.8) is 0 Å². The highest BCUT2D eigenvalue weighted by Crippen LogP contribution is 2.43. The Hall–Kier alpha value is -0.170. The lowest BCUT2D eigenvalue weighted by Gasteiger charge is -2.19. The van der Waals surface area contributed by atoms with Crippen LogP contribution in [0.2, 0.25) is 0 Å². The third-order valence-corrected chi connectivity index (χ3v) is 1.67. The van der Waals surface area contributed by atoms with Gasteiger partial charge in [0.25, 0.3) is 5.13 Å². The second kappa shape index (κ2) is 3.77. The molecule has 9 heteroatoms. The minimum absolute atomic E-state index is 1.14. The van der Waals surface area contributed by atoms with Crippen LogP contribution in [-0.4, -0.2) is 16.7 Å². The van der Waals surface area contributed by atoms with E-state index < -0.39 is 28.6 Å². The molecule has 0 aromatic rings. The van der Waals surface area contributed by atoms with Crippen molar-refractivity contribution in [2.45, 2.75) is 16.7 Å². The summed E-state index contributed by atoms with van der Waals surface area (Å²) in [5.41, 5.74) is 0. The highest BCUT2D eigenvalue weighted by molar-refractivity contribution is 6.33. The van der Waals surface area contributed by atoms with Gasteiger partial charge in [-0.2, -0.15) is 22.0 Å². The highest BCUT2D eigenvalue weighted by atomic mass is 35.5. The lowest BCUT2D eigenvalue weighted by Crippen LogP contribution is -2.33. The lowest BCUT2D eigenvalue weighted by molar-refractivity contribution is -0.110. The van der Waals surface area contributed by atoms with Crippen LogP contribution in [-0.2, 0) is 0 Å². The van der Waals surface area contributed by atoms with Crippen LogP contribution in [0, 0.1) is 0 Å². The van der Waals surface area contributed by atoms with E-state index in [1.807, 2.05) is 0 Å². The van der Waals surface area contributed by atoms with E-state index in [0.29, 0.717) is 0 Å². The van der Waals surface area contributed by atoms with Crippen LogP contribution in [0.4, 0.5) is 30.7 Å². The van der Waals surface area contributed by atoms with Gasteiger partial charge in [-0.15, -0.1) is 0 Å². The van der Waals surface area contributed by atoms with Gasteiger partial charge in [0.05, 0.1) is 0 Å². The summed E-state index contributed by atoms with van der Waals surface area (Å²) in [5.74, 6) is -3.09. The zero-order valence-corrected chi connectivity index (χ0v) is 7.49. The Morgan fingerprint density at radius 3 is 1.50 bits per heavy atom. The van der Waals surface area contributed by atoms with Crippen molar-refractivity contribution in [2.75, 3.05) is 0 Å². The van der Waals surface area contributed by atoms with Crippen LogP contribution >= 0.6 is 23.2 Å². The minimum atomic E-state index is -5.59. The molecule has 0 radical (unpaired) electrons. The van der Waals surface area contributed by atoms with Crippen molar-refractivity contribution in [3.05, 3.63) is 11.9 Å². The molecule has 0 N–H and O–H groups in total. The Morgan fingerprint density at radius 1 is 0.929 bits per heavy atom. The average molecular weight is 265 g/mol. The van der Waals surface area contributed by atoms with Gasteiger partial charge in [-0.05, 0) is 11.6 Å². The van der Waals surface area contributed by atoms with Crippen molar-refractivity contribution in [3.8, 4) is 0 Å². The predicted octanol–water partition coefficient (Wildman–Crippen LogP) is 4.14. The first-order valence-electron chi connectivity index (χ1n) is 2.78. The molecule has 0 amide bonds. The van der Waals surface area contributed by atoms with E-state index in [4.69, 9.17) is 0 Å². The van der Waals surface area contributed by atoms with E-state index in [2.05, 4.69) is 23.2 Å². The van der Waals surface area contributed by atoms with E-state index in [9.17, 15) is 30.7 Å². The monoisotopic (exact) mass is 264 g/mol. The maximum absolute atomic E-state index is 12.4. The second-order valence-electron chi connectivity index (χ2n) is 2.11. The summed E-state index contributed by atoms with van der Waals surface area (Å²) < 4.78 is 82.5. The molecule has 0 fully saturated rings. The number of halogens is 9. The Bertz CT molecular complexity index is 235. The summed E-state index contributed by atoms with van der Waals surface area (Å²) in [7, 11) is 0. The summed E-state index contributed by atoms with van der Waals surface area (Å²) >= 11 is 8.25. The van der Waals surface area contributed by atoms with E-state index in [-0.39, 0.29) is 0 Å². The van der Waals surface area contributed by atoms with Gasteiger partial charge in [-0.3, -0.25) is 0 Å². The van der Waals surface area contributed by atoms with E-state index >= 15 is 0 Å². The number of allylic oxidation sites excluding steroid dienone is 2. The summed E-state index contributed by atoms with van der Waals surface area (Å²) in [4.78, 5) is 0. The van der Waals surface area contributed by atoms with Gasteiger partial charge in [0.2, 0.25) is 5.83 Å². The van der Waals surface area contributed by atoms with Gasteiger partial charge >= 0.3 is 11.6 Å². The van der Waals surface area contributed by atoms with Gasteiger partial charge in [-0.25, -0.2) is 8.78 Å². The molecule has 0 spiro atoms. The third-order valence-electron chi connectivity index (χ3n) is 0.957. The van der Waals surface area contributed by atoms with E-state index in [1.54, 1.807) is 0 Å². The van der Waals surface area contributed by atoms with Crippen molar-refractivity contribution in [1.82, 2.24) is 0 Å². The van der Waals surface area contributed by atoms with Crippen LogP contribution in [0.3, 0.4) is 0 Å². The van der Waals surface area contributed by atoms with Crippen molar-refractivity contribution in [1.29, 1.82) is 0 Å². The molecular formula is C5HCl2F7. The van der Waals surface area contributed by atoms with Crippen LogP contribution in [0.15, 0.2) is 11.9 Å². The SMILES string of the molecule is FC(=CC(F)(Cl)C(F)(F)Cl)C(F)(F)F. The van der Waals surface area contributed by atoms with Crippen LogP contribution in [0.1, 0.15) is 0 Å². The van der Waals surface area contributed by atoms with Crippen molar-refractivity contribution in [2.24, 2.45) is 0 Å². The van der Waals surface area contributed by atoms with E-state index in [0.717, 1.165) is 0 Å². The maximum atomic E-state index is 12.4. The molecule has 0 aliphatic rings. The Morgan fingerprint density at radius 2 is 1.29 bits per heavy atom. The summed E-state index contributed by atoms with van der Waals surface area (Å²) in [6.45, 7) is 0. The topological polar surface area (TPSA) is 0 Å². The lowest BCUT2D eigenvalue weighted by atomic mass is 10.3. The number of hydrogen-bond acceptors (Lipinski definition) is 0. The zero-order valence-electron chi connectivity index (χ0n) is 5.98. The Balaban J connectivity index is 5.00. The number of rotatable bonds is 2. The first-order valence-corrected chi connectivity index (χ1v) is 3.53. The van der Waals surface area contributed by atoms with Crippen LogP contribution in [0.25, 0.3) is 0 Å². The second-order valence-corrected chi connectivity index (χ2v) is 3.14. The molecule has 0 heterocycles. The molecule has 1 unspecified atom stereocenters. The summed E-state index contributed by atoms with van der Waals surface area (Å²) in [5, 5.41) is -9.29. The average Bonchev–Trinajstić information content (AvgIpc) is 1.80. The largest absolute Gasteiger partial charge is 0.442 e. The standard InChI is InChI=1S/C5HCl2F7/c6-3(9,5(7,13)14)1-2(8)4(10,11)12/h1H. The Kier molecular flexibility index (Phi) is 3.72. The maximum Gasteiger partial charge on any atom is 0.442 e. The molecule has 0 aliphatic carbocycles. The van der Waals surface area contributed by atoms with Crippen LogP contribution in [0.5, 0.6) is 0 Å². The molecule has 0 aliphatic heterocycles. The fourth-order valence-corrected chi connectivity index (χ4v) is 0.473. The molecular weight excluding hydrogens is 264 g/mol. The number of hydrogen-bond donors (Lipinski definition) is 0. The molecule has 0 aromatic carbocycles. The third kappa shape index (κ3) is 3.53. The van der Waals surface area contributed by atoms with Gasteiger partial charge in [0, 0.05) is 6.08 Å². The Labute approximate surface area is 83.3 Å². The minimum Gasteiger partial charge on any atom is -0.213 e. The summed E-state index contributed by atoms with van der Waals surface area (Å²) in [6, 6.07) is 0. The first-order chi connectivity index (χ1) is 5.88. The molecule has 0 bridgehead atoms. The fraction of sp³-hybridized carbons (Fsp3) is 0.600. The molecule has 0 saturated carbocycles. The molecule has 14 heavy (non-hydrogen) atoms. The highest BCUT2D eigenvalue weighted by Gasteiger charge is 2.53. The molecule has 0 saturated heterocycles.